The molecule has 0 spiro atoms. The minimum Gasteiger partial charge on any atom is -0.495 e. The summed E-state index contributed by atoms with van der Waals surface area (Å²) in [5.41, 5.74) is 3.34. The minimum absolute atomic E-state index is 0.209. The molecule has 0 radical (unpaired) electrons. The number of ether oxygens (including phenoxy) is 1. The average Bonchev–Trinajstić information content (AvgIpc) is 2.46. The zero-order valence-corrected chi connectivity index (χ0v) is 13.4. The molecule has 3 heteroatoms. The van der Waals surface area contributed by atoms with Gasteiger partial charge in [0.15, 0.2) is 0 Å². The van der Waals surface area contributed by atoms with E-state index in [1.54, 1.807) is 7.11 Å². The van der Waals surface area contributed by atoms with Crippen molar-refractivity contribution >= 4 is 23.2 Å². The van der Waals surface area contributed by atoms with Gasteiger partial charge in [0.25, 0.3) is 0 Å². The van der Waals surface area contributed by atoms with Gasteiger partial charge < -0.3 is 4.74 Å². The van der Waals surface area contributed by atoms with E-state index in [-0.39, 0.29) is 5.38 Å². The van der Waals surface area contributed by atoms with Crippen LogP contribution in [0, 0.1) is 0 Å². The van der Waals surface area contributed by atoms with Crippen LogP contribution in [0.1, 0.15) is 41.8 Å². The van der Waals surface area contributed by atoms with E-state index in [1.807, 2.05) is 18.2 Å². The highest BCUT2D eigenvalue weighted by Gasteiger charge is 2.13. The SMILES string of the molecule is COc1ccc(C(Cl)c2ccc(C(C)C)cc2)cc1Cl. The summed E-state index contributed by atoms with van der Waals surface area (Å²) in [6.07, 6.45) is 0. The number of methoxy groups -OCH3 is 1. The third-order valence-electron chi connectivity index (χ3n) is 3.36. The fourth-order valence-corrected chi connectivity index (χ4v) is 2.63. The number of benzene rings is 2. The summed E-state index contributed by atoms with van der Waals surface area (Å²) in [4.78, 5) is 0. The molecule has 1 nitrogen and oxygen atoms in total. The molecule has 1 atom stereocenters. The molecule has 2 rings (SSSR count). The van der Waals surface area contributed by atoms with Crippen LogP contribution in [0.4, 0.5) is 0 Å². The minimum atomic E-state index is -0.209. The summed E-state index contributed by atoms with van der Waals surface area (Å²) in [7, 11) is 1.60. The number of alkyl halides is 1. The Morgan fingerprint density at radius 1 is 0.900 bits per heavy atom. The first kappa shape index (κ1) is 15.2. The molecule has 0 amide bonds. The number of halogens is 2. The van der Waals surface area contributed by atoms with Crippen LogP contribution < -0.4 is 4.74 Å². The average molecular weight is 309 g/mol. The van der Waals surface area contributed by atoms with Crippen molar-refractivity contribution in [1.29, 1.82) is 0 Å². The smallest absolute Gasteiger partial charge is 0.137 e. The van der Waals surface area contributed by atoms with Crippen molar-refractivity contribution in [2.24, 2.45) is 0 Å². The van der Waals surface area contributed by atoms with Gasteiger partial charge >= 0.3 is 0 Å². The van der Waals surface area contributed by atoms with Crippen molar-refractivity contribution in [2.45, 2.75) is 25.1 Å². The van der Waals surface area contributed by atoms with Gasteiger partial charge in [-0.2, -0.15) is 0 Å². The predicted molar refractivity (Wildman–Crippen MR) is 86.2 cm³/mol. The highest BCUT2D eigenvalue weighted by Crippen LogP contribution is 2.34. The molecule has 0 aliphatic rings. The fourth-order valence-electron chi connectivity index (χ4n) is 2.08. The van der Waals surface area contributed by atoms with Crippen molar-refractivity contribution in [1.82, 2.24) is 0 Å². The van der Waals surface area contributed by atoms with Gasteiger partial charge in [-0.05, 0) is 34.7 Å². The van der Waals surface area contributed by atoms with Crippen LogP contribution in [0.3, 0.4) is 0 Å². The molecule has 0 aliphatic heterocycles. The maximum Gasteiger partial charge on any atom is 0.137 e. The van der Waals surface area contributed by atoms with Crippen molar-refractivity contribution in [3.8, 4) is 5.75 Å². The molecular weight excluding hydrogens is 291 g/mol. The summed E-state index contributed by atoms with van der Waals surface area (Å²) in [6.45, 7) is 4.35. The van der Waals surface area contributed by atoms with E-state index in [9.17, 15) is 0 Å². The fraction of sp³-hybridized carbons (Fsp3) is 0.294. The molecule has 0 bridgehead atoms. The summed E-state index contributed by atoms with van der Waals surface area (Å²) in [5.74, 6) is 1.18. The van der Waals surface area contributed by atoms with E-state index in [1.165, 1.54) is 5.56 Å². The van der Waals surface area contributed by atoms with Gasteiger partial charge in [-0.1, -0.05) is 55.8 Å². The second-order valence-electron chi connectivity index (χ2n) is 5.08. The third-order valence-corrected chi connectivity index (χ3v) is 4.16. The van der Waals surface area contributed by atoms with Gasteiger partial charge in [-0.3, -0.25) is 0 Å². The van der Waals surface area contributed by atoms with Crippen molar-refractivity contribution < 1.29 is 4.74 Å². The highest BCUT2D eigenvalue weighted by molar-refractivity contribution is 6.32. The molecule has 0 saturated carbocycles. The first-order valence-corrected chi connectivity index (χ1v) is 7.41. The summed E-state index contributed by atoms with van der Waals surface area (Å²) in [5, 5.41) is 0.370. The Kier molecular flexibility index (Phi) is 4.95. The Morgan fingerprint density at radius 3 is 1.95 bits per heavy atom. The standard InChI is InChI=1S/C17H18Cl2O/c1-11(2)12-4-6-13(7-5-12)17(19)14-8-9-16(20-3)15(18)10-14/h4-11,17H,1-3H3. The van der Waals surface area contributed by atoms with Crippen LogP contribution >= 0.6 is 23.2 Å². The van der Waals surface area contributed by atoms with Crippen LogP contribution in [0.25, 0.3) is 0 Å². The van der Waals surface area contributed by atoms with Crippen molar-refractivity contribution in [3.05, 3.63) is 64.2 Å². The molecule has 1 unspecified atom stereocenters. The second kappa shape index (κ2) is 6.51. The summed E-state index contributed by atoms with van der Waals surface area (Å²) < 4.78 is 5.15. The molecule has 0 aliphatic carbocycles. The first-order valence-electron chi connectivity index (χ1n) is 6.60. The van der Waals surface area contributed by atoms with Crippen molar-refractivity contribution in [2.75, 3.05) is 7.11 Å². The Balaban J connectivity index is 2.26. The van der Waals surface area contributed by atoms with E-state index < -0.39 is 0 Å². The highest BCUT2D eigenvalue weighted by atomic mass is 35.5. The van der Waals surface area contributed by atoms with E-state index in [2.05, 4.69) is 38.1 Å². The lowest BCUT2D eigenvalue weighted by Crippen LogP contribution is -1.95. The van der Waals surface area contributed by atoms with Crippen molar-refractivity contribution in [3.63, 3.8) is 0 Å². The topological polar surface area (TPSA) is 9.23 Å². The molecule has 20 heavy (non-hydrogen) atoms. The second-order valence-corrected chi connectivity index (χ2v) is 5.92. The lowest BCUT2D eigenvalue weighted by atomic mass is 9.98. The number of hydrogen-bond donors (Lipinski definition) is 0. The summed E-state index contributed by atoms with van der Waals surface area (Å²) >= 11 is 12.7. The van der Waals surface area contributed by atoms with Gasteiger partial charge in [0.1, 0.15) is 5.75 Å². The normalized spacial score (nSPS) is 12.5. The monoisotopic (exact) mass is 308 g/mol. The Hall–Kier alpha value is -1.18. The van der Waals surface area contributed by atoms with Gasteiger partial charge in [-0.15, -0.1) is 11.6 Å². The summed E-state index contributed by atoms with van der Waals surface area (Å²) in [6, 6.07) is 14.0. The van der Waals surface area contributed by atoms with E-state index in [0.29, 0.717) is 16.7 Å². The van der Waals surface area contributed by atoms with Gasteiger partial charge in [-0.25, -0.2) is 0 Å². The van der Waals surface area contributed by atoms with Crippen LogP contribution in [-0.2, 0) is 0 Å². The van der Waals surface area contributed by atoms with Crippen LogP contribution in [0.15, 0.2) is 42.5 Å². The van der Waals surface area contributed by atoms with Crippen LogP contribution in [0.5, 0.6) is 5.75 Å². The molecule has 0 aromatic heterocycles. The van der Waals surface area contributed by atoms with Gasteiger partial charge in [0, 0.05) is 0 Å². The molecule has 0 fully saturated rings. The quantitative estimate of drug-likeness (QED) is 0.648. The maximum atomic E-state index is 6.53. The molecule has 2 aromatic carbocycles. The molecular formula is C17H18Cl2O. The first-order chi connectivity index (χ1) is 9.52. The predicted octanol–water partition coefficient (Wildman–Crippen LogP) is 5.80. The third kappa shape index (κ3) is 3.28. The maximum absolute atomic E-state index is 6.53. The zero-order valence-electron chi connectivity index (χ0n) is 11.9. The van der Waals surface area contributed by atoms with E-state index in [4.69, 9.17) is 27.9 Å². The molecule has 0 saturated heterocycles. The van der Waals surface area contributed by atoms with Gasteiger partial charge in [0.05, 0.1) is 17.5 Å². The van der Waals surface area contributed by atoms with Crippen LogP contribution in [0.2, 0.25) is 5.02 Å². The van der Waals surface area contributed by atoms with Crippen LogP contribution in [-0.4, -0.2) is 7.11 Å². The van der Waals surface area contributed by atoms with Gasteiger partial charge in [0.2, 0.25) is 0 Å². The Labute approximate surface area is 130 Å². The Morgan fingerprint density at radius 2 is 1.45 bits per heavy atom. The molecule has 106 valence electrons. The number of hydrogen-bond acceptors (Lipinski definition) is 1. The van der Waals surface area contributed by atoms with E-state index in [0.717, 1.165) is 11.1 Å². The number of rotatable bonds is 4. The zero-order chi connectivity index (χ0) is 14.7. The molecule has 0 heterocycles. The molecule has 0 N–H and O–H groups in total. The lowest BCUT2D eigenvalue weighted by molar-refractivity contribution is 0.415. The van der Waals surface area contributed by atoms with E-state index >= 15 is 0 Å². The largest absolute Gasteiger partial charge is 0.495 e. The molecule has 2 aromatic rings. The lowest BCUT2D eigenvalue weighted by Gasteiger charge is -2.13. The Bertz CT molecular complexity index is 576.